The van der Waals surface area contributed by atoms with E-state index in [4.69, 9.17) is 0 Å². The van der Waals surface area contributed by atoms with Crippen LogP contribution in [0.25, 0.3) is 0 Å². The van der Waals surface area contributed by atoms with Crippen molar-refractivity contribution < 1.29 is 16.5 Å². The Morgan fingerprint density at radius 1 is 0.933 bits per heavy atom. The van der Waals surface area contributed by atoms with Gasteiger partial charge in [0.15, 0.2) is 0 Å². The summed E-state index contributed by atoms with van der Waals surface area (Å²) < 4.78 is 0. The number of rotatable bonds is 3. The molecule has 15 heavy (non-hydrogen) atoms. The van der Waals surface area contributed by atoms with Gasteiger partial charge in [0.2, 0.25) is 0 Å². The van der Waals surface area contributed by atoms with E-state index in [0.717, 1.165) is 11.4 Å². The van der Waals surface area contributed by atoms with E-state index in [1.807, 2.05) is 0 Å². The van der Waals surface area contributed by atoms with Crippen molar-refractivity contribution >= 4 is 36.5 Å². The minimum atomic E-state index is 0. The molecule has 0 aromatic heterocycles. The summed E-state index contributed by atoms with van der Waals surface area (Å²) in [4.78, 5) is 15.7. The molecule has 0 unspecified atom stereocenters. The Bertz CT molecular complexity index is 352. The molecule has 80 valence electrons. The molecule has 0 radical (unpaired) electrons. The van der Waals surface area contributed by atoms with Crippen LogP contribution in [-0.4, -0.2) is 49.6 Å². The zero-order chi connectivity index (χ0) is 9.64. The first-order valence-electron chi connectivity index (χ1n) is 4.11. The van der Waals surface area contributed by atoms with E-state index in [-0.39, 0.29) is 16.5 Å². The zero-order valence-electron chi connectivity index (χ0n) is 7.72. The Hall–Kier alpha value is -1.49. The summed E-state index contributed by atoms with van der Waals surface area (Å²) in [5.41, 5.74) is 1.62. The second kappa shape index (κ2) is 6.08. The van der Waals surface area contributed by atoms with Crippen LogP contribution in [0, 0.1) is 0 Å². The maximum atomic E-state index is 3.95. The molecule has 0 aliphatic carbocycles. The van der Waals surface area contributed by atoms with Crippen molar-refractivity contribution in [2.24, 2.45) is 30.2 Å². The third-order valence-corrected chi connectivity index (χ3v) is 1.60. The summed E-state index contributed by atoms with van der Waals surface area (Å²) >= 11 is 0. The molecular formula is C8H8N6Ni. The van der Waals surface area contributed by atoms with Crippen LogP contribution in [0.2, 0.25) is 0 Å². The van der Waals surface area contributed by atoms with Crippen LogP contribution in [0.1, 0.15) is 0 Å². The van der Waals surface area contributed by atoms with E-state index < -0.39 is 0 Å². The van der Waals surface area contributed by atoms with E-state index in [1.54, 1.807) is 12.4 Å². The average Bonchev–Trinajstić information content (AvgIpc) is 2.86. The minimum absolute atomic E-state index is 0. The van der Waals surface area contributed by atoms with Crippen LogP contribution < -0.4 is 0 Å². The molecule has 0 amide bonds. The third-order valence-electron chi connectivity index (χ3n) is 1.60. The molecule has 0 aromatic carbocycles. The van der Waals surface area contributed by atoms with Crippen molar-refractivity contribution in [2.45, 2.75) is 0 Å². The van der Waals surface area contributed by atoms with Crippen LogP contribution in [0.3, 0.4) is 0 Å². The molecule has 0 bridgehead atoms. The van der Waals surface area contributed by atoms with Gasteiger partial charge in [0.25, 0.3) is 0 Å². The molecule has 0 aromatic rings. The topological polar surface area (TPSA) is 74.2 Å². The van der Waals surface area contributed by atoms with Crippen molar-refractivity contribution in [3.05, 3.63) is 0 Å². The first-order chi connectivity index (χ1) is 6.95. The minimum Gasteiger partial charge on any atom is -0.267 e. The van der Waals surface area contributed by atoms with Crippen LogP contribution >= 0.6 is 0 Å². The molecule has 2 heterocycles. The van der Waals surface area contributed by atoms with Gasteiger partial charge in [-0.1, -0.05) is 0 Å². The van der Waals surface area contributed by atoms with Crippen molar-refractivity contribution in [1.29, 1.82) is 0 Å². The van der Waals surface area contributed by atoms with Crippen molar-refractivity contribution in [3.63, 3.8) is 0 Å². The normalized spacial score (nSPS) is 18.7. The van der Waals surface area contributed by atoms with E-state index in [2.05, 4.69) is 30.2 Å². The Balaban J connectivity index is 0.00000112. The van der Waals surface area contributed by atoms with E-state index in [1.165, 1.54) is 12.7 Å². The Labute approximate surface area is 96.7 Å². The van der Waals surface area contributed by atoms with Crippen molar-refractivity contribution in [3.8, 4) is 0 Å². The van der Waals surface area contributed by atoms with Crippen molar-refractivity contribution in [1.82, 2.24) is 0 Å². The summed E-state index contributed by atoms with van der Waals surface area (Å²) in [5, 5.41) is 7.63. The van der Waals surface area contributed by atoms with Gasteiger partial charge in [-0.3, -0.25) is 9.98 Å². The zero-order valence-corrected chi connectivity index (χ0v) is 8.71. The molecule has 0 spiro atoms. The molecule has 6 nitrogen and oxygen atoms in total. The smallest absolute Gasteiger partial charge is 0.110 e. The monoisotopic (exact) mass is 246 g/mol. The van der Waals surface area contributed by atoms with E-state index in [9.17, 15) is 0 Å². The number of hydrogen-bond acceptors (Lipinski definition) is 6. The van der Waals surface area contributed by atoms with Gasteiger partial charge in [-0.15, -0.1) is 0 Å². The van der Waals surface area contributed by atoms with Crippen molar-refractivity contribution in [2.75, 3.05) is 13.1 Å². The fourth-order valence-corrected chi connectivity index (χ4v) is 0.929. The molecule has 0 N–H and O–H groups in total. The molecule has 2 aliphatic heterocycles. The third kappa shape index (κ3) is 3.63. The second-order valence-electron chi connectivity index (χ2n) is 2.64. The van der Waals surface area contributed by atoms with E-state index >= 15 is 0 Å². The molecule has 0 saturated heterocycles. The molecule has 2 aliphatic rings. The molecule has 0 atom stereocenters. The van der Waals surface area contributed by atoms with Gasteiger partial charge in [0.05, 0.1) is 36.9 Å². The van der Waals surface area contributed by atoms with Gasteiger partial charge >= 0.3 is 0 Å². The van der Waals surface area contributed by atoms with Gasteiger partial charge in [-0.25, -0.2) is 9.98 Å². The molecule has 2 rings (SSSR count). The number of hydrogen-bond donors (Lipinski definition) is 0. The predicted molar refractivity (Wildman–Crippen MR) is 58.6 cm³/mol. The van der Waals surface area contributed by atoms with Gasteiger partial charge in [0, 0.05) is 16.5 Å². The summed E-state index contributed by atoms with van der Waals surface area (Å²) in [5.74, 6) is 0. The molecule has 7 heteroatoms. The van der Waals surface area contributed by atoms with Gasteiger partial charge in [-0.05, 0) is 0 Å². The van der Waals surface area contributed by atoms with Crippen LogP contribution in [0.4, 0.5) is 0 Å². The molecule has 0 saturated carbocycles. The number of nitrogens with zero attached hydrogens (tertiary/aromatic N) is 6. The van der Waals surface area contributed by atoms with E-state index in [0.29, 0.717) is 13.1 Å². The quantitative estimate of drug-likeness (QED) is 0.382. The fourth-order valence-electron chi connectivity index (χ4n) is 0.929. The Kier molecular flexibility index (Phi) is 4.70. The average molecular weight is 247 g/mol. The number of aliphatic imine (C=N–C) groups is 4. The Morgan fingerprint density at radius 2 is 1.40 bits per heavy atom. The Morgan fingerprint density at radius 3 is 1.73 bits per heavy atom. The molecular weight excluding hydrogens is 239 g/mol. The first kappa shape index (κ1) is 11.6. The summed E-state index contributed by atoms with van der Waals surface area (Å²) in [6.07, 6.45) is 6.19. The predicted octanol–water partition coefficient (Wildman–Crippen LogP) is 0.00630. The van der Waals surface area contributed by atoms with Crippen LogP contribution in [0.15, 0.2) is 30.2 Å². The fraction of sp³-hybridized carbons (Fsp3) is 0.250. The van der Waals surface area contributed by atoms with Gasteiger partial charge < -0.3 is 0 Å². The summed E-state index contributed by atoms with van der Waals surface area (Å²) in [6, 6.07) is 0. The first-order valence-corrected chi connectivity index (χ1v) is 4.11. The van der Waals surface area contributed by atoms with Crippen LogP contribution in [-0.2, 0) is 16.5 Å². The largest absolute Gasteiger partial charge is 0.267 e. The summed E-state index contributed by atoms with van der Waals surface area (Å²) in [7, 11) is 0. The maximum Gasteiger partial charge on any atom is 0.110 e. The summed E-state index contributed by atoms with van der Waals surface area (Å²) in [6.45, 7) is 1.17. The SMILES string of the molecule is C1=NCC(C=NN=CC2=NC=NC2)=N1.[Ni]. The molecule has 0 fully saturated rings. The standard InChI is InChI=1S/C8H8N6.Ni/c1-7(11-5-9-1)3-13-14-4-8-2-10-6-12-8;/h3-6H,1-2H2;. The maximum absolute atomic E-state index is 3.95. The van der Waals surface area contributed by atoms with Crippen LogP contribution in [0.5, 0.6) is 0 Å². The van der Waals surface area contributed by atoms with Gasteiger partial charge in [0.1, 0.15) is 12.7 Å². The second-order valence-corrected chi connectivity index (χ2v) is 2.64. The van der Waals surface area contributed by atoms with Gasteiger partial charge in [-0.2, -0.15) is 10.2 Å².